The summed E-state index contributed by atoms with van der Waals surface area (Å²) < 4.78 is 34.6. The number of carbonyl (C=O) groups excluding carboxylic acids is 2. The minimum absolute atomic E-state index is 0.210. The van der Waals surface area contributed by atoms with Gasteiger partial charge < -0.3 is 18.9 Å². The summed E-state index contributed by atoms with van der Waals surface area (Å²) in [5.74, 6) is 0.313. The summed E-state index contributed by atoms with van der Waals surface area (Å²) >= 11 is 0. The highest BCUT2D eigenvalue weighted by molar-refractivity contribution is 7.85. The van der Waals surface area contributed by atoms with Gasteiger partial charge in [0.2, 0.25) is 0 Å². The summed E-state index contributed by atoms with van der Waals surface area (Å²) in [6.45, 7) is 4.67. The molecule has 0 saturated heterocycles. The molecule has 3 aromatic rings. The van der Waals surface area contributed by atoms with Crippen molar-refractivity contribution >= 4 is 33.5 Å². The number of fused-ring (bicyclic) bond motifs is 1. The van der Waals surface area contributed by atoms with Gasteiger partial charge in [0.15, 0.2) is 11.5 Å². The van der Waals surface area contributed by atoms with Crippen molar-refractivity contribution < 1.29 is 32.7 Å². The van der Waals surface area contributed by atoms with Crippen molar-refractivity contribution in [3.63, 3.8) is 0 Å². The van der Waals surface area contributed by atoms with Crippen LogP contribution in [0.15, 0.2) is 58.3 Å². The van der Waals surface area contributed by atoms with Crippen molar-refractivity contribution in [3.05, 3.63) is 48.5 Å². The smallest absolute Gasteiger partial charge is 0.308 e. The molecule has 0 saturated carbocycles. The number of carbonyl (C=O) groups is 2. The van der Waals surface area contributed by atoms with Gasteiger partial charge in [-0.25, -0.2) is 4.21 Å². The first kappa shape index (κ1) is 22.3. The van der Waals surface area contributed by atoms with E-state index in [9.17, 15) is 13.8 Å². The fourth-order valence-corrected chi connectivity index (χ4v) is 4.09. The lowest BCUT2D eigenvalue weighted by molar-refractivity contribution is -0.133. The Kier molecular flexibility index (Phi) is 6.91. The molecule has 8 heteroatoms. The molecule has 0 aliphatic heterocycles. The Morgan fingerprint density at radius 2 is 1.48 bits per heavy atom. The van der Waals surface area contributed by atoms with E-state index < -0.39 is 22.7 Å². The summed E-state index contributed by atoms with van der Waals surface area (Å²) in [7, 11) is 0.0634. The molecule has 0 bridgehead atoms. The van der Waals surface area contributed by atoms with Crippen LogP contribution in [0.3, 0.4) is 0 Å². The van der Waals surface area contributed by atoms with Crippen molar-refractivity contribution in [2.24, 2.45) is 0 Å². The monoisotopic (exact) mass is 442 g/mol. The molecule has 0 N–H and O–H groups in total. The summed E-state index contributed by atoms with van der Waals surface area (Å²) in [6.07, 6.45) is 0. The first-order valence-corrected chi connectivity index (χ1v) is 10.6. The van der Waals surface area contributed by atoms with E-state index in [0.29, 0.717) is 32.9 Å². The zero-order valence-electron chi connectivity index (χ0n) is 17.6. The van der Waals surface area contributed by atoms with E-state index in [2.05, 4.69) is 0 Å². The second-order valence-electron chi connectivity index (χ2n) is 6.47. The molecule has 0 aromatic heterocycles. The zero-order chi connectivity index (χ0) is 22.5. The second kappa shape index (κ2) is 9.61. The van der Waals surface area contributed by atoms with E-state index >= 15 is 0 Å². The van der Waals surface area contributed by atoms with Gasteiger partial charge in [0.05, 0.1) is 24.5 Å². The first-order chi connectivity index (χ1) is 14.8. The van der Waals surface area contributed by atoms with Gasteiger partial charge in [-0.05, 0) is 49.4 Å². The van der Waals surface area contributed by atoms with E-state index in [-0.39, 0.29) is 17.2 Å². The van der Waals surface area contributed by atoms with E-state index in [4.69, 9.17) is 18.9 Å². The molecule has 7 nitrogen and oxygen atoms in total. The van der Waals surface area contributed by atoms with Crippen molar-refractivity contribution in [2.75, 3.05) is 13.7 Å². The number of methoxy groups -OCH3 is 1. The highest BCUT2D eigenvalue weighted by atomic mass is 32.2. The van der Waals surface area contributed by atoms with Crippen LogP contribution in [-0.2, 0) is 20.4 Å². The lowest BCUT2D eigenvalue weighted by Crippen LogP contribution is -2.07. The minimum atomic E-state index is -1.50. The average molecular weight is 442 g/mol. The number of hydrogen-bond acceptors (Lipinski definition) is 7. The molecule has 0 fully saturated rings. The van der Waals surface area contributed by atoms with Crippen LogP contribution in [0.4, 0.5) is 0 Å². The third kappa shape index (κ3) is 5.03. The standard InChI is InChI=1S/C23H22O7S/c1-5-28-22-13-21(29-14(2)24)20-12-18(10-11-19(20)23(22)30-15(3)25)31(26)17-8-6-16(27-4)7-9-17/h6-13H,5H2,1-4H3. The quantitative estimate of drug-likeness (QED) is 0.399. The molecule has 31 heavy (non-hydrogen) atoms. The Morgan fingerprint density at radius 1 is 0.839 bits per heavy atom. The molecule has 3 aromatic carbocycles. The Labute approximate surface area is 182 Å². The highest BCUT2D eigenvalue weighted by Crippen LogP contribution is 2.43. The van der Waals surface area contributed by atoms with E-state index in [1.54, 1.807) is 56.5 Å². The van der Waals surface area contributed by atoms with Crippen molar-refractivity contribution in [2.45, 2.75) is 30.6 Å². The highest BCUT2D eigenvalue weighted by Gasteiger charge is 2.20. The van der Waals surface area contributed by atoms with Crippen LogP contribution in [0.2, 0.25) is 0 Å². The Morgan fingerprint density at radius 3 is 2.06 bits per heavy atom. The van der Waals surface area contributed by atoms with Crippen molar-refractivity contribution in [1.82, 2.24) is 0 Å². The van der Waals surface area contributed by atoms with Gasteiger partial charge in [-0.15, -0.1) is 0 Å². The summed E-state index contributed by atoms with van der Waals surface area (Å²) in [6, 6.07) is 13.4. The van der Waals surface area contributed by atoms with E-state index in [0.717, 1.165) is 0 Å². The van der Waals surface area contributed by atoms with Crippen LogP contribution < -0.4 is 18.9 Å². The SMILES string of the molecule is CCOc1cc(OC(C)=O)c2cc(S(=O)c3ccc(OC)cc3)ccc2c1OC(C)=O. The van der Waals surface area contributed by atoms with Gasteiger partial charge in [-0.2, -0.15) is 0 Å². The number of hydrogen-bond donors (Lipinski definition) is 0. The topological polar surface area (TPSA) is 88.1 Å². The molecule has 0 aliphatic carbocycles. The van der Waals surface area contributed by atoms with Crippen LogP contribution in [0.5, 0.6) is 23.0 Å². The van der Waals surface area contributed by atoms with Crippen molar-refractivity contribution in [3.8, 4) is 23.0 Å². The molecule has 0 aliphatic rings. The number of ether oxygens (including phenoxy) is 4. The molecule has 3 rings (SSSR count). The summed E-state index contributed by atoms with van der Waals surface area (Å²) in [5.41, 5.74) is 0. The summed E-state index contributed by atoms with van der Waals surface area (Å²) in [4.78, 5) is 24.4. The molecule has 162 valence electrons. The van der Waals surface area contributed by atoms with Crippen LogP contribution in [-0.4, -0.2) is 29.9 Å². The third-order valence-corrected chi connectivity index (χ3v) is 5.66. The Bertz CT molecular complexity index is 1150. The maximum absolute atomic E-state index is 13.1. The first-order valence-electron chi connectivity index (χ1n) is 9.50. The van der Waals surface area contributed by atoms with Gasteiger partial charge in [0.25, 0.3) is 0 Å². The molecular formula is C23H22O7S. The minimum Gasteiger partial charge on any atom is -0.497 e. The molecule has 0 spiro atoms. The fourth-order valence-electron chi connectivity index (χ4n) is 3.02. The molecular weight excluding hydrogens is 420 g/mol. The van der Waals surface area contributed by atoms with Gasteiger partial charge in [-0.1, -0.05) is 0 Å². The molecule has 0 amide bonds. The van der Waals surface area contributed by atoms with Crippen molar-refractivity contribution in [1.29, 1.82) is 0 Å². The van der Waals surface area contributed by atoms with Gasteiger partial charge in [0.1, 0.15) is 11.5 Å². The molecule has 1 unspecified atom stereocenters. The van der Waals surface area contributed by atoms with Gasteiger partial charge in [0, 0.05) is 40.5 Å². The van der Waals surface area contributed by atoms with Crippen LogP contribution in [0, 0.1) is 0 Å². The lowest BCUT2D eigenvalue weighted by Gasteiger charge is -2.16. The van der Waals surface area contributed by atoms with Gasteiger partial charge in [-0.3, -0.25) is 9.59 Å². The number of rotatable bonds is 7. The normalized spacial score (nSPS) is 11.6. The molecule has 0 radical (unpaired) electrons. The third-order valence-electron chi connectivity index (χ3n) is 4.27. The molecule has 0 heterocycles. The van der Waals surface area contributed by atoms with Crippen LogP contribution in [0.1, 0.15) is 20.8 Å². The Balaban J connectivity index is 2.18. The van der Waals surface area contributed by atoms with Crippen LogP contribution >= 0.6 is 0 Å². The largest absolute Gasteiger partial charge is 0.497 e. The fraction of sp³-hybridized carbons (Fsp3) is 0.217. The predicted octanol–water partition coefficient (Wildman–Crippen LogP) is 4.26. The lowest BCUT2D eigenvalue weighted by atomic mass is 10.1. The van der Waals surface area contributed by atoms with E-state index in [1.807, 2.05) is 0 Å². The Hall–Kier alpha value is -3.39. The van der Waals surface area contributed by atoms with Gasteiger partial charge >= 0.3 is 11.9 Å². The zero-order valence-corrected chi connectivity index (χ0v) is 18.4. The summed E-state index contributed by atoms with van der Waals surface area (Å²) in [5, 5.41) is 0.960. The number of esters is 2. The predicted molar refractivity (Wildman–Crippen MR) is 115 cm³/mol. The van der Waals surface area contributed by atoms with Crippen LogP contribution in [0.25, 0.3) is 10.8 Å². The molecule has 1 atom stereocenters. The average Bonchev–Trinajstić information content (AvgIpc) is 2.75. The van der Waals surface area contributed by atoms with E-state index in [1.165, 1.54) is 19.9 Å². The second-order valence-corrected chi connectivity index (χ2v) is 7.95. The maximum atomic E-state index is 13.1. The number of benzene rings is 3. The maximum Gasteiger partial charge on any atom is 0.308 e.